The molecule has 0 saturated heterocycles. The van der Waals surface area contributed by atoms with Gasteiger partial charge in [-0.05, 0) is 0 Å². The molecule has 0 heterocycles. The van der Waals surface area contributed by atoms with Gasteiger partial charge in [-0.15, -0.1) is 0 Å². The first-order valence-corrected chi connectivity index (χ1v) is 13.7. The van der Waals surface area contributed by atoms with E-state index in [-0.39, 0.29) is 0 Å². The zero-order chi connectivity index (χ0) is 23.9. The Balaban J connectivity index is 6.87. The van der Waals surface area contributed by atoms with Crippen LogP contribution in [0.5, 0.6) is 0 Å². The standard InChI is InChI=1S/B29H29S/c1-15-23(14)28(25(17(2)3)18(4)5)24(16-30)29(26(19(6)7)20(8)9)27(21(10)11)22(12)13/h15H,1-14H2. The van der Waals surface area contributed by atoms with Gasteiger partial charge in [-0.1, -0.05) is 0 Å². The van der Waals surface area contributed by atoms with E-state index in [1.165, 1.54) is 7.06 Å². The Morgan fingerprint density at radius 1 is 0.467 bits per heavy atom. The topological polar surface area (TPSA) is 0 Å². The van der Waals surface area contributed by atoms with Crippen molar-refractivity contribution in [2.45, 2.75) is 0 Å². The maximum atomic E-state index is 5.95. The molecule has 0 bridgehead atoms. The van der Waals surface area contributed by atoms with Crippen LogP contribution >= 0.6 is 12.1 Å². The number of hydrogen-bond donors (Lipinski definition) is 0. The van der Waals surface area contributed by atoms with Gasteiger partial charge in [-0.25, -0.2) is 0 Å². The van der Waals surface area contributed by atoms with Crippen molar-refractivity contribution in [1.29, 1.82) is 0 Å². The maximum absolute atomic E-state index is 5.95. The molecule has 0 unspecified atom stereocenters. The molecule has 30 heavy (non-hydrogen) atoms. The fourth-order valence-electron chi connectivity index (χ4n) is 7.47. The number of hydrogen-bond acceptors (Lipinski definition) is 1. The average molecular weight is 375 g/mol. The van der Waals surface area contributed by atoms with Crippen molar-refractivity contribution < 1.29 is 0 Å². The zero-order valence-corrected chi connectivity index (χ0v) is 24.0. The molecule has 122 valence electrons. The van der Waals surface area contributed by atoms with Gasteiger partial charge in [-0.2, -0.15) is 0 Å². The predicted octanol–water partition coefficient (Wildman–Crippen LogP) is -18.2. The van der Waals surface area contributed by atoms with E-state index in [1.807, 2.05) is 0 Å². The van der Waals surface area contributed by atoms with Gasteiger partial charge in [0, 0.05) is 0 Å². The van der Waals surface area contributed by atoms with Crippen LogP contribution in [0.25, 0.3) is 0 Å². The molecule has 0 aromatic heterocycles. The third-order valence-electron chi connectivity index (χ3n) is 8.30. The first kappa shape index (κ1) is 32.1. The fraction of sp³-hybridized carbons (Fsp3) is 0. The van der Waals surface area contributed by atoms with E-state index >= 15 is 0 Å². The Hall–Kier alpha value is 2.10. The average Bonchev–Trinajstić information content (AvgIpc) is 2.58. The third kappa shape index (κ3) is 8.71. The van der Waals surface area contributed by atoms with Crippen molar-refractivity contribution in [3.63, 3.8) is 0 Å². The zero-order valence-electron chi connectivity index (χ0n) is 23.2. The molecule has 30 heteroatoms. The second-order valence-corrected chi connectivity index (χ2v) is 12.7. The molecule has 0 N–H and O–H groups in total. The van der Waals surface area contributed by atoms with Crippen LogP contribution in [0.2, 0.25) is 0 Å². The second-order valence-electron chi connectivity index (χ2n) is 12.4. The molecule has 0 nitrogen and oxygen atoms in total. The quantitative estimate of drug-likeness (QED) is 0.272. The molecule has 0 atom stereocenters. The summed E-state index contributed by atoms with van der Waals surface area (Å²) in [4.78, 5) is 0. The molecule has 0 spiro atoms. The molecule has 0 aromatic rings. The van der Waals surface area contributed by atoms with E-state index in [9.17, 15) is 0 Å². The van der Waals surface area contributed by atoms with E-state index < -0.39 is 0 Å². The Kier molecular flexibility index (Phi) is 16.2. The van der Waals surface area contributed by atoms with E-state index in [2.05, 4.69) is 114 Å². The van der Waals surface area contributed by atoms with Gasteiger partial charge < -0.3 is 0 Å². The van der Waals surface area contributed by atoms with E-state index in [0.29, 0.717) is 83.0 Å². The molecule has 0 aromatic carbocycles. The Morgan fingerprint density at radius 2 is 0.733 bits per heavy atom. The van der Waals surface area contributed by atoms with Gasteiger partial charge in [0.25, 0.3) is 0 Å². The van der Waals surface area contributed by atoms with Crippen molar-refractivity contribution >= 4 is 216 Å². The molecule has 0 aliphatic carbocycles. The van der Waals surface area contributed by atoms with E-state index in [1.54, 1.807) is 0 Å². The summed E-state index contributed by atoms with van der Waals surface area (Å²) < 4.78 is 0. The summed E-state index contributed by atoms with van der Waals surface area (Å²) in [5.41, 5.74) is 0. The summed E-state index contributed by atoms with van der Waals surface area (Å²) in [5, 5.41) is 0. The third-order valence-corrected chi connectivity index (χ3v) is 8.61. The molecule has 0 aliphatic rings. The molecule has 0 aliphatic heterocycles. The van der Waals surface area contributed by atoms with Crippen LogP contribution in [0.15, 0.2) is 0 Å². The van der Waals surface area contributed by atoms with Crippen molar-refractivity contribution in [1.82, 2.24) is 0 Å². The van der Waals surface area contributed by atoms with Gasteiger partial charge in [0.05, 0.1) is 0 Å². The molecule has 0 rings (SSSR count). The van der Waals surface area contributed by atoms with Crippen molar-refractivity contribution in [3.05, 3.63) is 0 Å². The van der Waals surface area contributed by atoms with Crippen LogP contribution in [0, 0.1) is 0 Å². The summed E-state index contributed by atoms with van der Waals surface area (Å²) in [5.74, 6) is 0. The summed E-state index contributed by atoms with van der Waals surface area (Å²) >= 11 is 5.95. The Bertz CT molecular complexity index is 415. The van der Waals surface area contributed by atoms with Gasteiger partial charge in [0.15, 0.2) is 0 Å². The van der Waals surface area contributed by atoms with Crippen LogP contribution in [0.1, 0.15) is 0 Å². The van der Waals surface area contributed by atoms with Crippen molar-refractivity contribution in [3.8, 4) is 0 Å². The molecule has 0 radical (unpaired) electrons. The molecular formula is H29B29S. The molecular weight excluding hydrogens is 346 g/mol. The van der Waals surface area contributed by atoms with Gasteiger partial charge in [0.2, 0.25) is 0 Å². The summed E-state index contributed by atoms with van der Waals surface area (Å²) in [6, 6.07) is 2.24. The molecule has 0 fully saturated rings. The first-order valence-electron chi connectivity index (χ1n) is 13.2. The van der Waals surface area contributed by atoms with Gasteiger partial charge >= 0.3 is 216 Å². The van der Waals surface area contributed by atoms with Crippen LogP contribution in [0.3, 0.4) is 0 Å². The van der Waals surface area contributed by atoms with Crippen LogP contribution in [-0.2, 0) is 0 Å². The summed E-state index contributed by atoms with van der Waals surface area (Å²) in [6.07, 6.45) is 8.76. The van der Waals surface area contributed by atoms with E-state index in [0.717, 1.165) is 0 Å². The van der Waals surface area contributed by atoms with E-state index in [4.69, 9.17) is 12.1 Å². The van der Waals surface area contributed by atoms with Crippen LogP contribution in [-0.4, -0.2) is 204 Å². The van der Waals surface area contributed by atoms with Crippen molar-refractivity contribution in [2.75, 3.05) is 0 Å². The van der Waals surface area contributed by atoms with Crippen LogP contribution < -0.4 is 0 Å². The molecule has 0 amide bonds. The SMILES string of the molecule is BBB(B)B(B(B=S)B(B(B(B)B)B(B)B)B(B(B)B)B(B)B)B(B(B)B)B(B)B. The fourth-order valence-corrected chi connectivity index (χ4v) is 7.83. The van der Waals surface area contributed by atoms with Crippen molar-refractivity contribution in [2.24, 2.45) is 0 Å². The van der Waals surface area contributed by atoms with Gasteiger partial charge in [0.1, 0.15) is 0 Å². The molecule has 0 saturated carbocycles. The normalized spacial score (nSPS) is 9.20. The monoisotopic (exact) mass is 380 g/mol. The number of rotatable bonds is 14. The van der Waals surface area contributed by atoms with Gasteiger partial charge in [-0.3, -0.25) is 0 Å². The predicted molar refractivity (Wildman–Crippen MR) is 215 cm³/mol. The Morgan fingerprint density at radius 3 is 0.933 bits per heavy atom. The minimum atomic E-state index is 0.509. The summed E-state index contributed by atoms with van der Waals surface area (Å²) in [6.45, 7) is 0. The first-order chi connectivity index (χ1) is 13.7. The van der Waals surface area contributed by atoms with Crippen LogP contribution in [0.4, 0.5) is 0 Å². The second kappa shape index (κ2) is 15.2. The Labute approximate surface area is 215 Å². The summed E-state index contributed by atoms with van der Waals surface area (Å²) in [7, 11) is 35.6. The minimum absolute atomic E-state index is 0.509.